The van der Waals surface area contributed by atoms with E-state index in [1.807, 2.05) is 0 Å². The molecule has 0 spiro atoms. The summed E-state index contributed by atoms with van der Waals surface area (Å²) in [5, 5.41) is 3.52. The Morgan fingerprint density at radius 3 is 2.19 bits per heavy atom. The van der Waals surface area contributed by atoms with Crippen molar-refractivity contribution in [1.29, 1.82) is 0 Å². The smallest absolute Gasteiger partial charge is 0.0403 e. The van der Waals surface area contributed by atoms with E-state index in [1.54, 1.807) is 0 Å². The van der Waals surface area contributed by atoms with Crippen molar-refractivity contribution in [3.05, 3.63) is 65.2 Å². The van der Waals surface area contributed by atoms with Crippen LogP contribution in [0.15, 0.2) is 48.5 Å². The molecule has 1 heterocycles. The molecule has 0 saturated carbocycles. The van der Waals surface area contributed by atoms with Crippen molar-refractivity contribution in [2.24, 2.45) is 0 Å². The molecule has 0 saturated heterocycles. The minimum Gasteiger partial charge on any atom is -0.381 e. The zero-order chi connectivity index (χ0) is 10.8. The molecule has 3 rings (SSSR count). The van der Waals surface area contributed by atoms with Crippen LogP contribution in [0.1, 0.15) is 16.7 Å². The van der Waals surface area contributed by atoms with Crippen LogP contribution in [0.5, 0.6) is 0 Å². The molecular formula is C15H15N. The van der Waals surface area contributed by atoms with Gasteiger partial charge in [0.2, 0.25) is 0 Å². The summed E-state index contributed by atoms with van der Waals surface area (Å²) in [5.74, 6) is 0. The van der Waals surface area contributed by atoms with Gasteiger partial charge in [-0.15, -0.1) is 0 Å². The molecule has 0 bridgehead atoms. The Morgan fingerprint density at radius 1 is 0.688 bits per heavy atom. The number of rotatable bonds is 0. The van der Waals surface area contributed by atoms with E-state index in [4.69, 9.17) is 0 Å². The molecule has 0 amide bonds. The fourth-order valence-corrected chi connectivity index (χ4v) is 2.34. The average Bonchev–Trinajstić information content (AvgIpc) is 2.32. The number of hydrogen-bond donors (Lipinski definition) is 1. The molecule has 16 heavy (non-hydrogen) atoms. The standard InChI is InChI=1S/C15H15N/c1-2-7-14-11-16-15-8-4-3-6-13(15)10-9-12(14)5-1/h1-8,16H,9-11H2. The molecule has 1 aliphatic rings. The molecule has 80 valence electrons. The van der Waals surface area contributed by atoms with Crippen molar-refractivity contribution in [1.82, 2.24) is 0 Å². The molecule has 2 aromatic carbocycles. The topological polar surface area (TPSA) is 12.0 Å². The van der Waals surface area contributed by atoms with Crippen LogP contribution in [0.2, 0.25) is 0 Å². The van der Waals surface area contributed by atoms with Crippen molar-refractivity contribution in [3.8, 4) is 0 Å². The zero-order valence-corrected chi connectivity index (χ0v) is 9.24. The van der Waals surface area contributed by atoms with Crippen LogP contribution in [-0.4, -0.2) is 0 Å². The van der Waals surface area contributed by atoms with Gasteiger partial charge in [-0.2, -0.15) is 0 Å². The predicted octanol–water partition coefficient (Wildman–Crippen LogP) is 3.40. The normalized spacial score (nSPS) is 14.0. The quantitative estimate of drug-likeness (QED) is 0.701. The first-order valence-electron chi connectivity index (χ1n) is 5.82. The third kappa shape index (κ3) is 1.69. The number of nitrogens with one attached hydrogen (secondary N) is 1. The molecule has 0 radical (unpaired) electrons. The zero-order valence-electron chi connectivity index (χ0n) is 9.24. The Labute approximate surface area is 96.1 Å². The van der Waals surface area contributed by atoms with E-state index in [-0.39, 0.29) is 0 Å². The lowest BCUT2D eigenvalue weighted by molar-refractivity contribution is 0.911. The van der Waals surface area contributed by atoms with Gasteiger partial charge < -0.3 is 5.32 Å². The number of fused-ring (bicyclic) bond motifs is 2. The van der Waals surface area contributed by atoms with Crippen molar-refractivity contribution in [2.75, 3.05) is 5.32 Å². The van der Waals surface area contributed by atoms with Crippen molar-refractivity contribution in [3.63, 3.8) is 0 Å². The summed E-state index contributed by atoms with van der Waals surface area (Å²) in [6.45, 7) is 0.938. The van der Waals surface area contributed by atoms with E-state index in [0.717, 1.165) is 19.4 Å². The molecule has 1 heteroatoms. The van der Waals surface area contributed by atoms with Crippen LogP contribution >= 0.6 is 0 Å². The van der Waals surface area contributed by atoms with Crippen molar-refractivity contribution in [2.45, 2.75) is 19.4 Å². The van der Waals surface area contributed by atoms with Crippen molar-refractivity contribution >= 4 is 5.69 Å². The second kappa shape index (κ2) is 4.01. The van der Waals surface area contributed by atoms with E-state index < -0.39 is 0 Å². The summed E-state index contributed by atoms with van der Waals surface area (Å²) in [4.78, 5) is 0. The summed E-state index contributed by atoms with van der Waals surface area (Å²) < 4.78 is 0. The van der Waals surface area contributed by atoms with E-state index in [0.29, 0.717) is 0 Å². The molecule has 0 aliphatic carbocycles. The van der Waals surface area contributed by atoms with Crippen LogP contribution in [0.3, 0.4) is 0 Å². The third-order valence-corrected chi connectivity index (χ3v) is 3.27. The first-order valence-corrected chi connectivity index (χ1v) is 5.82. The Morgan fingerprint density at radius 2 is 1.31 bits per heavy atom. The Balaban J connectivity index is 1.97. The minimum absolute atomic E-state index is 0.938. The number of para-hydroxylation sites is 1. The summed E-state index contributed by atoms with van der Waals surface area (Å²) in [7, 11) is 0. The largest absolute Gasteiger partial charge is 0.381 e. The highest BCUT2D eigenvalue weighted by atomic mass is 14.9. The summed E-state index contributed by atoms with van der Waals surface area (Å²) in [6, 6.07) is 17.3. The number of aryl methyl sites for hydroxylation is 2. The molecule has 0 fully saturated rings. The van der Waals surface area contributed by atoms with Crippen LogP contribution < -0.4 is 5.32 Å². The van der Waals surface area contributed by atoms with Gasteiger partial charge in [-0.1, -0.05) is 42.5 Å². The van der Waals surface area contributed by atoms with Gasteiger partial charge in [-0.3, -0.25) is 0 Å². The first kappa shape index (κ1) is 9.46. The number of hydrogen-bond acceptors (Lipinski definition) is 1. The highest BCUT2D eigenvalue weighted by Crippen LogP contribution is 2.23. The van der Waals surface area contributed by atoms with Gasteiger partial charge in [-0.05, 0) is 35.6 Å². The predicted molar refractivity (Wildman–Crippen MR) is 67.6 cm³/mol. The molecule has 1 aliphatic heterocycles. The number of anilines is 1. The lowest BCUT2D eigenvalue weighted by Gasteiger charge is -2.18. The Bertz CT molecular complexity index is 409. The van der Waals surface area contributed by atoms with E-state index in [2.05, 4.69) is 53.8 Å². The van der Waals surface area contributed by atoms with Crippen LogP contribution in [0.4, 0.5) is 5.69 Å². The highest BCUT2D eigenvalue weighted by Gasteiger charge is 2.09. The van der Waals surface area contributed by atoms with Gasteiger partial charge in [0.15, 0.2) is 0 Å². The van der Waals surface area contributed by atoms with Crippen LogP contribution in [0.25, 0.3) is 0 Å². The maximum atomic E-state index is 3.52. The summed E-state index contributed by atoms with van der Waals surface area (Å²) in [6.07, 6.45) is 2.27. The average molecular weight is 209 g/mol. The first-order chi connectivity index (χ1) is 7.93. The molecule has 0 aromatic heterocycles. The van der Waals surface area contributed by atoms with Gasteiger partial charge >= 0.3 is 0 Å². The maximum Gasteiger partial charge on any atom is 0.0403 e. The fourth-order valence-electron chi connectivity index (χ4n) is 2.34. The minimum atomic E-state index is 0.938. The third-order valence-electron chi connectivity index (χ3n) is 3.27. The van der Waals surface area contributed by atoms with Crippen LogP contribution in [-0.2, 0) is 19.4 Å². The van der Waals surface area contributed by atoms with Gasteiger partial charge in [0.05, 0.1) is 0 Å². The lowest BCUT2D eigenvalue weighted by Crippen LogP contribution is -2.09. The SMILES string of the molecule is c1ccc2c(c1)CCc1ccccc1NC2. The maximum absolute atomic E-state index is 3.52. The van der Waals surface area contributed by atoms with E-state index >= 15 is 0 Å². The summed E-state index contributed by atoms with van der Waals surface area (Å²) >= 11 is 0. The molecule has 1 nitrogen and oxygen atoms in total. The number of benzene rings is 2. The van der Waals surface area contributed by atoms with Gasteiger partial charge in [0.1, 0.15) is 0 Å². The van der Waals surface area contributed by atoms with Gasteiger partial charge in [0.25, 0.3) is 0 Å². The summed E-state index contributed by atoms with van der Waals surface area (Å²) in [5.41, 5.74) is 5.62. The lowest BCUT2D eigenvalue weighted by atomic mass is 9.97. The molecule has 2 aromatic rings. The molecular weight excluding hydrogens is 194 g/mol. The van der Waals surface area contributed by atoms with Crippen molar-refractivity contribution < 1.29 is 0 Å². The molecule has 0 atom stereocenters. The Kier molecular flexibility index (Phi) is 2.37. The Hall–Kier alpha value is -1.76. The van der Waals surface area contributed by atoms with Gasteiger partial charge in [-0.25, -0.2) is 0 Å². The molecule has 1 N–H and O–H groups in total. The van der Waals surface area contributed by atoms with Gasteiger partial charge in [0, 0.05) is 12.2 Å². The molecule has 0 unspecified atom stereocenters. The highest BCUT2D eigenvalue weighted by molar-refractivity contribution is 5.53. The second-order valence-corrected chi connectivity index (χ2v) is 4.28. The fraction of sp³-hybridized carbons (Fsp3) is 0.200. The van der Waals surface area contributed by atoms with E-state index in [9.17, 15) is 0 Å². The van der Waals surface area contributed by atoms with Crippen LogP contribution in [0, 0.1) is 0 Å². The second-order valence-electron chi connectivity index (χ2n) is 4.28. The van der Waals surface area contributed by atoms with E-state index in [1.165, 1.54) is 22.4 Å². The monoisotopic (exact) mass is 209 g/mol.